The van der Waals surface area contributed by atoms with Crippen LogP contribution in [0.5, 0.6) is 0 Å². The van der Waals surface area contributed by atoms with Crippen LogP contribution in [0.3, 0.4) is 0 Å². The Morgan fingerprint density at radius 3 is 2.61 bits per heavy atom. The highest BCUT2D eigenvalue weighted by Crippen LogP contribution is 2.17. The zero-order chi connectivity index (χ0) is 12.4. The number of nitrogens with zero attached hydrogens (tertiary/aromatic N) is 2. The van der Waals surface area contributed by atoms with Crippen molar-refractivity contribution in [2.24, 2.45) is 0 Å². The molecule has 3 aromatic rings. The highest BCUT2D eigenvalue weighted by Gasteiger charge is 2.00. The number of aromatic nitrogens is 2. The van der Waals surface area contributed by atoms with Crippen molar-refractivity contribution in [2.75, 3.05) is 5.32 Å². The summed E-state index contributed by atoms with van der Waals surface area (Å²) in [7, 11) is 0. The zero-order valence-electron chi connectivity index (χ0n) is 9.47. The van der Waals surface area contributed by atoms with Gasteiger partial charge in [0.25, 0.3) is 0 Å². The van der Waals surface area contributed by atoms with E-state index in [9.17, 15) is 4.39 Å². The summed E-state index contributed by atoms with van der Waals surface area (Å²) in [6, 6.07) is 13.8. The molecule has 0 aliphatic heterocycles. The van der Waals surface area contributed by atoms with Crippen molar-refractivity contribution in [1.82, 2.24) is 9.97 Å². The summed E-state index contributed by atoms with van der Waals surface area (Å²) in [5, 5.41) is 3.02. The average Bonchev–Trinajstić information content (AvgIpc) is 2.39. The molecule has 0 saturated carbocycles. The molecule has 0 fully saturated rings. The third-order valence-corrected chi connectivity index (χ3v) is 2.55. The van der Waals surface area contributed by atoms with E-state index in [1.54, 1.807) is 18.3 Å². The summed E-state index contributed by atoms with van der Waals surface area (Å²) in [6.45, 7) is 0. The van der Waals surface area contributed by atoms with Crippen LogP contribution < -0.4 is 5.32 Å². The molecular formula is C14H10FN3. The van der Waals surface area contributed by atoms with Crippen LogP contribution >= 0.6 is 0 Å². The molecule has 0 aliphatic carbocycles. The smallest absolute Gasteiger partial charge is 0.149 e. The van der Waals surface area contributed by atoms with Gasteiger partial charge < -0.3 is 5.32 Å². The first-order valence-corrected chi connectivity index (χ1v) is 5.56. The molecule has 0 atom stereocenters. The molecule has 1 heterocycles. The van der Waals surface area contributed by atoms with Crippen LogP contribution in [-0.4, -0.2) is 9.97 Å². The number of hydrogen-bond acceptors (Lipinski definition) is 3. The number of hydrogen-bond donors (Lipinski definition) is 1. The molecule has 1 N–H and O–H groups in total. The minimum absolute atomic E-state index is 0.284. The molecule has 0 radical (unpaired) electrons. The molecule has 0 bridgehead atoms. The molecule has 4 heteroatoms. The van der Waals surface area contributed by atoms with Gasteiger partial charge in [-0.15, -0.1) is 0 Å². The summed E-state index contributed by atoms with van der Waals surface area (Å²) in [5.41, 5.74) is 2.29. The maximum Gasteiger partial charge on any atom is 0.149 e. The fourth-order valence-electron chi connectivity index (χ4n) is 1.73. The summed E-state index contributed by atoms with van der Waals surface area (Å²) < 4.78 is 13.0. The standard InChI is InChI=1S/C14H10FN3/c15-10-4-3-5-11(8-10)17-14-9-16-12-6-1-2-7-13(12)18-14/h1-9H,(H,17,18). The maximum absolute atomic E-state index is 13.0. The van der Waals surface area contributed by atoms with Gasteiger partial charge in [-0.25, -0.2) is 9.37 Å². The molecule has 18 heavy (non-hydrogen) atoms. The Balaban J connectivity index is 1.95. The lowest BCUT2D eigenvalue weighted by molar-refractivity contribution is 0.628. The van der Waals surface area contributed by atoms with Crippen molar-refractivity contribution in [3.63, 3.8) is 0 Å². The highest BCUT2D eigenvalue weighted by molar-refractivity contribution is 5.75. The van der Waals surface area contributed by atoms with Crippen molar-refractivity contribution < 1.29 is 4.39 Å². The molecule has 0 spiro atoms. The monoisotopic (exact) mass is 239 g/mol. The predicted molar refractivity (Wildman–Crippen MR) is 69.2 cm³/mol. The van der Waals surface area contributed by atoms with Crippen LogP contribution in [0.15, 0.2) is 54.7 Å². The quantitative estimate of drug-likeness (QED) is 0.743. The fraction of sp³-hybridized carbons (Fsp3) is 0. The molecule has 3 rings (SSSR count). The van der Waals surface area contributed by atoms with E-state index in [1.807, 2.05) is 24.3 Å². The van der Waals surface area contributed by atoms with E-state index in [2.05, 4.69) is 15.3 Å². The lowest BCUT2D eigenvalue weighted by Gasteiger charge is -2.05. The van der Waals surface area contributed by atoms with Crippen LogP contribution in [0.1, 0.15) is 0 Å². The van der Waals surface area contributed by atoms with Gasteiger partial charge >= 0.3 is 0 Å². The summed E-state index contributed by atoms with van der Waals surface area (Å²) >= 11 is 0. The summed E-state index contributed by atoms with van der Waals surface area (Å²) in [4.78, 5) is 8.69. The number of anilines is 2. The van der Waals surface area contributed by atoms with Crippen molar-refractivity contribution in [3.05, 3.63) is 60.5 Å². The van der Waals surface area contributed by atoms with Crippen LogP contribution in [0.2, 0.25) is 0 Å². The number of halogens is 1. The van der Waals surface area contributed by atoms with Crippen molar-refractivity contribution in [2.45, 2.75) is 0 Å². The summed E-state index contributed by atoms with van der Waals surface area (Å²) in [5.74, 6) is 0.313. The first kappa shape index (κ1) is 10.7. The summed E-state index contributed by atoms with van der Waals surface area (Å²) in [6.07, 6.45) is 1.63. The van der Waals surface area contributed by atoms with Gasteiger partial charge in [0.2, 0.25) is 0 Å². The SMILES string of the molecule is Fc1cccc(Nc2cnc3ccccc3n2)c1. The van der Waals surface area contributed by atoms with E-state index in [4.69, 9.17) is 0 Å². The Bertz CT molecular complexity index is 697. The molecule has 1 aromatic heterocycles. The Morgan fingerprint density at radius 2 is 1.78 bits per heavy atom. The average molecular weight is 239 g/mol. The van der Waals surface area contributed by atoms with Gasteiger partial charge in [-0.2, -0.15) is 0 Å². The third-order valence-electron chi connectivity index (χ3n) is 2.55. The predicted octanol–water partition coefficient (Wildman–Crippen LogP) is 3.51. The third kappa shape index (κ3) is 2.13. The van der Waals surface area contributed by atoms with Gasteiger partial charge in [-0.1, -0.05) is 18.2 Å². The lowest BCUT2D eigenvalue weighted by atomic mass is 10.3. The molecular weight excluding hydrogens is 229 g/mol. The maximum atomic E-state index is 13.0. The molecule has 88 valence electrons. The van der Waals surface area contributed by atoms with Crippen LogP contribution in [0.4, 0.5) is 15.9 Å². The Labute approximate surface area is 103 Å². The number of benzene rings is 2. The zero-order valence-corrected chi connectivity index (χ0v) is 9.47. The topological polar surface area (TPSA) is 37.8 Å². The Kier molecular flexibility index (Phi) is 2.61. The van der Waals surface area contributed by atoms with E-state index < -0.39 is 0 Å². The van der Waals surface area contributed by atoms with E-state index >= 15 is 0 Å². The molecule has 2 aromatic carbocycles. The second-order valence-electron chi connectivity index (χ2n) is 3.88. The van der Waals surface area contributed by atoms with Crippen LogP contribution in [0.25, 0.3) is 11.0 Å². The fourth-order valence-corrected chi connectivity index (χ4v) is 1.73. The lowest BCUT2D eigenvalue weighted by Crippen LogP contribution is -1.95. The van der Waals surface area contributed by atoms with E-state index in [1.165, 1.54) is 12.1 Å². The van der Waals surface area contributed by atoms with Crippen LogP contribution in [-0.2, 0) is 0 Å². The van der Waals surface area contributed by atoms with Gasteiger partial charge in [0.15, 0.2) is 0 Å². The van der Waals surface area contributed by atoms with Gasteiger partial charge in [-0.05, 0) is 30.3 Å². The number of rotatable bonds is 2. The molecule has 0 aliphatic rings. The number of fused-ring (bicyclic) bond motifs is 1. The molecule has 0 saturated heterocycles. The second-order valence-corrected chi connectivity index (χ2v) is 3.88. The molecule has 0 unspecified atom stereocenters. The Hall–Kier alpha value is -2.49. The highest BCUT2D eigenvalue weighted by atomic mass is 19.1. The minimum atomic E-state index is -0.284. The van der Waals surface area contributed by atoms with Crippen molar-refractivity contribution >= 4 is 22.5 Å². The van der Waals surface area contributed by atoms with Crippen LogP contribution in [0, 0.1) is 5.82 Å². The van der Waals surface area contributed by atoms with Crippen molar-refractivity contribution in [1.29, 1.82) is 0 Å². The van der Waals surface area contributed by atoms with E-state index in [-0.39, 0.29) is 5.82 Å². The normalized spacial score (nSPS) is 10.5. The first-order valence-electron chi connectivity index (χ1n) is 5.56. The van der Waals surface area contributed by atoms with Gasteiger partial charge in [0.05, 0.1) is 17.2 Å². The van der Waals surface area contributed by atoms with Crippen molar-refractivity contribution in [3.8, 4) is 0 Å². The van der Waals surface area contributed by atoms with Gasteiger partial charge in [-0.3, -0.25) is 4.98 Å². The van der Waals surface area contributed by atoms with E-state index in [0.717, 1.165) is 11.0 Å². The van der Waals surface area contributed by atoms with Gasteiger partial charge in [0, 0.05) is 5.69 Å². The molecule has 3 nitrogen and oxygen atoms in total. The largest absolute Gasteiger partial charge is 0.339 e. The number of nitrogens with one attached hydrogen (secondary N) is 1. The number of para-hydroxylation sites is 2. The minimum Gasteiger partial charge on any atom is -0.339 e. The van der Waals surface area contributed by atoms with Gasteiger partial charge in [0.1, 0.15) is 11.6 Å². The molecule has 0 amide bonds. The second kappa shape index (κ2) is 4.41. The first-order chi connectivity index (χ1) is 8.81. The van der Waals surface area contributed by atoms with E-state index in [0.29, 0.717) is 11.5 Å². The Morgan fingerprint density at radius 1 is 0.944 bits per heavy atom.